The van der Waals surface area contributed by atoms with Crippen molar-refractivity contribution < 1.29 is 0 Å². The van der Waals surface area contributed by atoms with E-state index in [9.17, 15) is 14.9 Å². The monoisotopic (exact) mass is 347 g/mol. The van der Waals surface area contributed by atoms with Gasteiger partial charge in [0, 0.05) is 21.2 Å². The second-order valence-electron chi connectivity index (χ2n) is 4.59. The average molecular weight is 348 g/mol. The molecule has 0 amide bonds. The number of aromatic nitrogens is 3. The maximum Gasteiger partial charge on any atom is 0.327 e. The number of rotatable bonds is 1. The Hall–Kier alpha value is -2.82. The molecule has 0 radical (unpaired) electrons. The van der Waals surface area contributed by atoms with Gasteiger partial charge in [0.25, 0.3) is 5.56 Å². The zero-order chi connectivity index (χ0) is 16.7. The number of benzene rings is 1. The summed E-state index contributed by atoms with van der Waals surface area (Å²) in [6.07, 6.45) is 0. The van der Waals surface area contributed by atoms with Crippen molar-refractivity contribution in [3.05, 3.63) is 54.8 Å². The fourth-order valence-corrected chi connectivity index (χ4v) is 2.88. The number of H-pyrrole nitrogens is 2. The number of nitrogens with one attached hydrogen (secondary N) is 2. The predicted octanol–water partition coefficient (Wildman–Crippen LogP) is 2.04. The topological polar surface area (TPSA) is 128 Å². The van der Waals surface area contributed by atoms with Crippen LogP contribution in [0.15, 0.2) is 27.8 Å². The van der Waals surface area contributed by atoms with Gasteiger partial charge < -0.3 is 5.73 Å². The largest absolute Gasteiger partial charge is 0.396 e. The van der Waals surface area contributed by atoms with Crippen LogP contribution in [0, 0.1) is 11.3 Å². The van der Waals surface area contributed by atoms with E-state index in [0.29, 0.717) is 0 Å². The van der Waals surface area contributed by atoms with E-state index in [1.165, 1.54) is 0 Å². The zero-order valence-electron chi connectivity index (χ0n) is 11.3. The van der Waals surface area contributed by atoms with Gasteiger partial charge in [-0.15, -0.1) is 0 Å². The maximum absolute atomic E-state index is 12.2. The quantitative estimate of drug-likeness (QED) is 0.620. The minimum Gasteiger partial charge on any atom is -0.396 e. The summed E-state index contributed by atoms with van der Waals surface area (Å²) in [7, 11) is 0. The number of nitrogens with two attached hydrogens (primary N) is 1. The second-order valence-corrected chi connectivity index (χ2v) is 5.40. The van der Waals surface area contributed by atoms with Crippen LogP contribution in [0.1, 0.15) is 5.69 Å². The lowest BCUT2D eigenvalue weighted by Crippen LogP contribution is -2.23. The molecule has 2 aromatic heterocycles. The summed E-state index contributed by atoms with van der Waals surface area (Å²) in [5.74, 6) is 0. The van der Waals surface area contributed by atoms with Crippen LogP contribution in [0.5, 0.6) is 0 Å². The van der Waals surface area contributed by atoms with E-state index in [0.717, 1.165) is 0 Å². The van der Waals surface area contributed by atoms with Crippen LogP contribution in [0.4, 0.5) is 5.69 Å². The first-order valence-electron chi connectivity index (χ1n) is 6.24. The average Bonchev–Trinajstić information content (AvgIpc) is 2.48. The van der Waals surface area contributed by atoms with Gasteiger partial charge in [-0.05, 0) is 12.1 Å². The molecule has 0 bridgehead atoms. The summed E-state index contributed by atoms with van der Waals surface area (Å²) in [5.41, 5.74) is 4.70. The lowest BCUT2D eigenvalue weighted by Gasteiger charge is -2.13. The second kappa shape index (κ2) is 5.43. The Bertz CT molecular complexity index is 1090. The van der Waals surface area contributed by atoms with Crippen LogP contribution in [0.2, 0.25) is 10.0 Å². The summed E-state index contributed by atoms with van der Waals surface area (Å²) in [6, 6.07) is 6.59. The molecule has 1 aromatic carbocycles. The summed E-state index contributed by atoms with van der Waals surface area (Å²) < 4.78 is 0. The molecule has 114 valence electrons. The van der Waals surface area contributed by atoms with Crippen LogP contribution < -0.4 is 17.0 Å². The highest BCUT2D eigenvalue weighted by atomic mass is 35.5. The van der Waals surface area contributed by atoms with Crippen molar-refractivity contribution in [1.29, 1.82) is 5.26 Å². The molecular weight excluding hydrogens is 341 g/mol. The molecule has 9 heteroatoms. The van der Waals surface area contributed by atoms with E-state index in [4.69, 9.17) is 28.9 Å². The third-order valence-corrected chi connectivity index (χ3v) is 3.87. The number of nitrogen functional groups attached to an aromatic ring is 1. The van der Waals surface area contributed by atoms with Gasteiger partial charge in [0.1, 0.15) is 11.7 Å². The van der Waals surface area contributed by atoms with Crippen molar-refractivity contribution in [3.63, 3.8) is 0 Å². The molecule has 0 unspecified atom stereocenters. The number of fused-ring (bicyclic) bond motifs is 1. The number of aromatic amines is 2. The Kier molecular flexibility index (Phi) is 3.56. The molecule has 0 spiro atoms. The molecular formula is C14H7Cl2N5O2. The molecule has 4 N–H and O–H groups in total. The van der Waals surface area contributed by atoms with Gasteiger partial charge in [0.15, 0.2) is 5.69 Å². The standard InChI is InChI=1S/C14H7Cl2N5O2/c15-5-2-1-3-6(16)8(5)9-10-12(19-7(4-17)11(9)18)20-14(23)21-13(10)22/h1-3H,18H2,(H2,19,20,21,22,23). The Morgan fingerprint density at radius 3 is 2.39 bits per heavy atom. The van der Waals surface area contributed by atoms with Gasteiger partial charge in [0.2, 0.25) is 0 Å². The van der Waals surface area contributed by atoms with Crippen molar-refractivity contribution in [3.8, 4) is 17.2 Å². The Labute approximate surface area is 138 Å². The fraction of sp³-hybridized carbons (Fsp3) is 0. The normalized spacial score (nSPS) is 10.7. The van der Waals surface area contributed by atoms with Crippen molar-refractivity contribution in [2.24, 2.45) is 0 Å². The third kappa shape index (κ3) is 2.34. The molecule has 3 rings (SSSR count). The summed E-state index contributed by atoms with van der Waals surface area (Å²) in [5, 5.41) is 9.67. The highest BCUT2D eigenvalue weighted by Crippen LogP contribution is 2.40. The van der Waals surface area contributed by atoms with Crippen molar-refractivity contribution in [2.75, 3.05) is 5.73 Å². The Balaban J connectivity index is 2.64. The van der Waals surface area contributed by atoms with Crippen LogP contribution in [0.3, 0.4) is 0 Å². The molecule has 0 saturated carbocycles. The maximum atomic E-state index is 12.2. The number of anilines is 1. The van der Waals surface area contributed by atoms with Crippen LogP contribution >= 0.6 is 23.2 Å². The van der Waals surface area contributed by atoms with Gasteiger partial charge in [-0.25, -0.2) is 9.78 Å². The van der Waals surface area contributed by atoms with Gasteiger partial charge >= 0.3 is 5.69 Å². The molecule has 2 heterocycles. The first-order chi connectivity index (χ1) is 10.9. The molecule has 7 nitrogen and oxygen atoms in total. The number of hydrogen-bond acceptors (Lipinski definition) is 5. The first-order valence-corrected chi connectivity index (χ1v) is 7.00. The summed E-state index contributed by atoms with van der Waals surface area (Å²) in [6.45, 7) is 0. The third-order valence-electron chi connectivity index (χ3n) is 3.24. The van der Waals surface area contributed by atoms with E-state index < -0.39 is 11.2 Å². The minimum absolute atomic E-state index is 0.00361. The molecule has 0 fully saturated rings. The van der Waals surface area contributed by atoms with Gasteiger partial charge in [-0.2, -0.15) is 5.26 Å². The predicted molar refractivity (Wildman–Crippen MR) is 87.6 cm³/mol. The van der Waals surface area contributed by atoms with Gasteiger partial charge in [0.05, 0.1) is 11.1 Å². The number of halogens is 2. The number of pyridine rings is 1. The van der Waals surface area contributed by atoms with Crippen molar-refractivity contribution in [2.45, 2.75) is 0 Å². The van der Waals surface area contributed by atoms with E-state index in [2.05, 4.69) is 15.0 Å². The lowest BCUT2D eigenvalue weighted by molar-refractivity contribution is 1.06. The molecule has 23 heavy (non-hydrogen) atoms. The molecule has 0 aliphatic rings. The SMILES string of the molecule is N#Cc1nc2[nH]c(=O)[nH]c(=O)c2c(-c2c(Cl)cccc2Cl)c1N. The summed E-state index contributed by atoms with van der Waals surface area (Å²) in [4.78, 5) is 32.1. The van der Waals surface area contributed by atoms with Crippen LogP contribution in [-0.2, 0) is 0 Å². The van der Waals surface area contributed by atoms with Crippen molar-refractivity contribution >= 4 is 39.9 Å². The molecule has 0 aliphatic heterocycles. The zero-order valence-corrected chi connectivity index (χ0v) is 12.8. The number of nitriles is 1. The Morgan fingerprint density at radius 1 is 1.13 bits per heavy atom. The highest BCUT2D eigenvalue weighted by molar-refractivity contribution is 6.40. The first kappa shape index (κ1) is 15.1. The van der Waals surface area contributed by atoms with Crippen molar-refractivity contribution in [1.82, 2.24) is 15.0 Å². The Morgan fingerprint density at radius 2 is 1.78 bits per heavy atom. The van der Waals surface area contributed by atoms with E-state index in [1.807, 2.05) is 6.07 Å². The van der Waals surface area contributed by atoms with E-state index >= 15 is 0 Å². The molecule has 0 aliphatic carbocycles. The highest BCUT2D eigenvalue weighted by Gasteiger charge is 2.21. The summed E-state index contributed by atoms with van der Waals surface area (Å²) >= 11 is 12.4. The molecule has 3 aromatic rings. The molecule has 0 atom stereocenters. The van der Waals surface area contributed by atoms with Gasteiger partial charge in [-0.1, -0.05) is 29.3 Å². The van der Waals surface area contributed by atoms with Crippen LogP contribution in [0.25, 0.3) is 22.2 Å². The fourth-order valence-electron chi connectivity index (χ4n) is 2.30. The molecule has 0 saturated heterocycles. The van der Waals surface area contributed by atoms with E-state index in [-0.39, 0.29) is 43.6 Å². The number of hydrogen-bond donors (Lipinski definition) is 3. The van der Waals surface area contributed by atoms with Crippen LogP contribution in [-0.4, -0.2) is 15.0 Å². The van der Waals surface area contributed by atoms with Gasteiger partial charge in [-0.3, -0.25) is 14.8 Å². The minimum atomic E-state index is -0.750. The van der Waals surface area contributed by atoms with E-state index in [1.54, 1.807) is 18.2 Å². The number of nitrogens with zero attached hydrogens (tertiary/aromatic N) is 2. The lowest BCUT2D eigenvalue weighted by atomic mass is 10.00. The smallest absolute Gasteiger partial charge is 0.327 e.